The van der Waals surface area contributed by atoms with E-state index in [0.29, 0.717) is 0 Å². The Bertz CT molecular complexity index is 1540. The standard InChI is InChI=1S/C34H56N8O17/c1-12(30(51)42-17(29(37)50)8-9-21(46)41-18(32(53)54)7-5-6-16(35)28(36)49)38-31(52)13(2)56-27-23(40-15(4)45)33-55-11-20(58-33)26(27)59-34-22(39-14(3)44)25(48)24(47)19(10-43)57-34/h12-13,16-20,22-27,33-34,43,47-48H,5-11,35H2,1-4H3,(H2,36,49)(H2,37,50)(H,38,52)(H,39,44)(H,40,45)(H,41,46)(H,42,51)(H,53,54). The summed E-state index contributed by atoms with van der Waals surface area (Å²) >= 11 is 0. The molecule has 334 valence electrons. The van der Waals surface area contributed by atoms with Gasteiger partial charge in [-0.1, -0.05) is 0 Å². The number of carboxylic acids is 1. The number of carbonyl (C=O) groups excluding carboxylic acids is 7. The Morgan fingerprint density at radius 2 is 1.44 bits per heavy atom. The quantitative estimate of drug-likeness (QED) is 0.0482. The molecule has 7 amide bonds. The zero-order valence-electron chi connectivity index (χ0n) is 32.9. The number of amides is 7. The Hall–Kier alpha value is -4.60. The molecule has 0 aromatic heterocycles. The lowest BCUT2D eigenvalue weighted by Crippen LogP contribution is -2.68. The van der Waals surface area contributed by atoms with Crippen LogP contribution in [0, 0.1) is 0 Å². The fourth-order valence-corrected chi connectivity index (χ4v) is 6.58. The maximum Gasteiger partial charge on any atom is 0.326 e. The van der Waals surface area contributed by atoms with E-state index in [9.17, 15) is 58.8 Å². The Balaban J connectivity index is 1.67. The molecule has 15 atom stereocenters. The molecule has 15 N–H and O–H groups in total. The van der Waals surface area contributed by atoms with Gasteiger partial charge >= 0.3 is 5.97 Å². The molecular formula is C34H56N8O17. The van der Waals surface area contributed by atoms with Gasteiger partial charge in [0.05, 0.1) is 19.3 Å². The predicted octanol–water partition coefficient (Wildman–Crippen LogP) is -6.84. The average Bonchev–Trinajstić information content (AvgIpc) is 3.60. The summed E-state index contributed by atoms with van der Waals surface area (Å²) in [6.07, 6.45) is -12.6. The second kappa shape index (κ2) is 22.1. The van der Waals surface area contributed by atoms with Gasteiger partial charge in [-0.2, -0.15) is 0 Å². The lowest BCUT2D eigenvalue weighted by atomic mass is 9.95. The summed E-state index contributed by atoms with van der Waals surface area (Å²) < 4.78 is 29.7. The average molecular weight is 849 g/mol. The van der Waals surface area contributed by atoms with Crippen LogP contribution in [0.4, 0.5) is 0 Å². The number of aliphatic hydroxyl groups excluding tert-OH is 3. The molecule has 0 spiro atoms. The maximum absolute atomic E-state index is 13.4. The molecular weight excluding hydrogens is 792 g/mol. The monoisotopic (exact) mass is 848 g/mol. The van der Waals surface area contributed by atoms with Gasteiger partial charge in [-0.25, -0.2) is 4.79 Å². The zero-order chi connectivity index (χ0) is 44.3. The van der Waals surface area contributed by atoms with E-state index in [4.69, 9.17) is 40.9 Å². The van der Waals surface area contributed by atoms with Gasteiger partial charge in [0, 0.05) is 20.3 Å². The number of aliphatic hydroxyl groups is 3. The normalized spacial score (nSPS) is 30.0. The number of carbonyl (C=O) groups is 8. The number of aliphatic carboxylic acids is 1. The third-order valence-corrected chi connectivity index (χ3v) is 9.79. The van der Waals surface area contributed by atoms with Crippen molar-refractivity contribution in [2.24, 2.45) is 17.2 Å². The van der Waals surface area contributed by atoms with Crippen molar-refractivity contribution in [1.29, 1.82) is 0 Å². The number of hydrogen-bond acceptors (Lipinski definition) is 17. The molecule has 15 unspecified atom stereocenters. The molecule has 0 aromatic carbocycles. The zero-order valence-corrected chi connectivity index (χ0v) is 32.9. The molecule has 3 heterocycles. The van der Waals surface area contributed by atoms with Crippen LogP contribution in [0.1, 0.15) is 59.8 Å². The number of nitrogens with two attached hydrogens (primary N) is 3. The van der Waals surface area contributed by atoms with Crippen LogP contribution in [0.15, 0.2) is 0 Å². The lowest BCUT2D eigenvalue weighted by molar-refractivity contribution is -0.313. The van der Waals surface area contributed by atoms with Crippen molar-refractivity contribution in [3.8, 4) is 0 Å². The second-order valence-electron chi connectivity index (χ2n) is 14.5. The van der Waals surface area contributed by atoms with Gasteiger partial charge in [-0.05, 0) is 39.5 Å². The fraction of sp³-hybridized carbons (Fsp3) is 0.765. The third kappa shape index (κ3) is 13.7. The van der Waals surface area contributed by atoms with Gasteiger partial charge in [0.15, 0.2) is 12.6 Å². The SMILES string of the molecule is CC(=O)NC1C(OC2C3COC(O3)C(NC(C)=O)C2OC(C)C(=O)NC(C)C(=O)NC(CCC(=O)NC(CCCC(N)C(N)=O)C(=O)O)C(N)=O)OC(CO)C(O)C1O. The summed E-state index contributed by atoms with van der Waals surface area (Å²) in [4.78, 5) is 98.3. The Labute approximate surface area is 338 Å². The van der Waals surface area contributed by atoms with Crippen LogP contribution in [-0.2, 0) is 62.0 Å². The highest BCUT2D eigenvalue weighted by atomic mass is 16.8. The van der Waals surface area contributed by atoms with Gasteiger partial charge in [-0.15, -0.1) is 0 Å². The highest BCUT2D eigenvalue weighted by Gasteiger charge is 2.56. The Kier molecular flexibility index (Phi) is 18.3. The molecule has 2 bridgehead atoms. The Morgan fingerprint density at radius 3 is 2.02 bits per heavy atom. The van der Waals surface area contributed by atoms with E-state index >= 15 is 0 Å². The summed E-state index contributed by atoms with van der Waals surface area (Å²) in [5, 5.41) is 52.7. The van der Waals surface area contributed by atoms with E-state index in [-0.39, 0.29) is 32.3 Å². The van der Waals surface area contributed by atoms with E-state index < -0.39 is 152 Å². The van der Waals surface area contributed by atoms with Crippen LogP contribution in [0.3, 0.4) is 0 Å². The maximum atomic E-state index is 13.4. The number of carboxylic acid groups (broad SMARTS) is 1. The molecule has 25 nitrogen and oxygen atoms in total. The number of fused-ring (bicyclic) bond motifs is 2. The van der Waals surface area contributed by atoms with Crippen molar-refractivity contribution in [3.63, 3.8) is 0 Å². The van der Waals surface area contributed by atoms with Gasteiger partial charge in [-0.3, -0.25) is 33.6 Å². The van der Waals surface area contributed by atoms with Crippen LogP contribution in [0.25, 0.3) is 0 Å². The van der Waals surface area contributed by atoms with Crippen LogP contribution in [-0.4, -0.2) is 173 Å². The minimum Gasteiger partial charge on any atom is -0.480 e. The molecule has 3 aliphatic heterocycles. The highest BCUT2D eigenvalue weighted by molar-refractivity contribution is 5.92. The summed E-state index contributed by atoms with van der Waals surface area (Å²) in [6.45, 7) is 4.13. The predicted molar refractivity (Wildman–Crippen MR) is 195 cm³/mol. The first-order valence-electron chi connectivity index (χ1n) is 18.9. The molecule has 3 rings (SSSR count). The molecule has 0 aromatic rings. The first-order valence-corrected chi connectivity index (χ1v) is 18.9. The smallest absolute Gasteiger partial charge is 0.326 e. The van der Waals surface area contributed by atoms with E-state index in [2.05, 4.69) is 26.6 Å². The van der Waals surface area contributed by atoms with Crippen molar-refractivity contribution in [3.05, 3.63) is 0 Å². The number of nitrogens with one attached hydrogen (secondary N) is 5. The number of hydrogen-bond donors (Lipinski definition) is 12. The van der Waals surface area contributed by atoms with E-state index in [1.54, 1.807) is 0 Å². The third-order valence-electron chi connectivity index (χ3n) is 9.79. The van der Waals surface area contributed by atoms with Gasteiger partial charge in [0.1, 0.15) is 72.9 Å². The molecule has 0 saturated carbocycles. The Morgan fingerprint density at radius 1 is 0.797 bits per heavy atom. The van der Waals surface area contributed by atoms with Crippen molar-refractivity contribution < 1.29 is 82.5 Å². The van der Waals surface area contributed by atoms with Gasteiger partial charge < -0.3 is 87.9 Å². The summed E-state index contributed by atoms with van der Waals surface area (Å²) in [5.41, 5.74) is 16.1. The van der Waals surface area contributed by atoms with Gasteiger partial charge in [0.25, 0.3) is 0 Å². The van der Waals surface area contributed by atoms with Crippen LogP contribution in [0.2, 0.25) is 0 Å². The number of rotatable bonds is 22. The largest absolute Gasteiger partial charge is 0.480 e. The van der Waals surface area contributed by atoms with Gasteiger partial charge in [0.2, 0.25) is 41.4 Å². The molecule has 59 heavy (non-hydrogen) atoms. The molecule has 25 heteroatoms. The van der Waals surface area contributed by atoms with Crippen molar-refractivity contribution in [2.75, 3.05) is 13.2 Å². The molecule has 0 radical (unpaired) electrons. The van der Waals surface area contributed by atoms with Crippen LogP contribution >= 0.6 is 0 Å². The number of ether oxygens (including phenoxy) is 5. The molecule has 3 saturated heterocycles. The van der Waals surface area contributed by atoms with E-state index in [1.807, 2.05) is 0 Å². The number of primary amides is 2. The summed E-state index contributed by atoms with van der Waals surface area (Å²) in [5.74, 6) is -6.84. The summed E-state index contributed by atoms with van der Waals surface area (Å²) in [6, 6.07) is -7.55. The topological polar surface area (TPSA) is 402 Å². The van der Waals surface area contributed by atoms with Crippen LogP contribution < -0.4 is 43.8 Å². The van der Waals surface area contributed by atoms with Crippen LogP contribution in [0.5, 0.6) is 0 Å². The molecule has 0 aliphatic carbocycles. The molecule has 3 fully saturated rings. The fourth-order valence-electron chi connectivity index (χ4n) is 6.58. The first kappa shape index (κ1) is 48.8. The van der Waals surface area contributed by atoms with Crippen molar-refractivity contribution >= 4 is 47.3 Å². The lowest BCUT2D eigenvalue weighted by Gasteiger charge is -2.47. The van der Waals surface area contributed by atoms with E-state index in [1.165, 1.54) is 20.8 Å². The van der Waals surface area contributed by atoms with Crippen molar-refractivity contribution in [1.82, 2.24) is 26.6 Å². The minimum atomic E-state index is -1.66. The van der Waals surface area contributed by atoms with Crippen molar-refractivity contribution in [2.45, 2.75) is 151 Å². The highest BCUT2D eigenvalue weighted by Crippen LogP contribution is 2.35. The second-order valence-corrected chi connectivity index (χ2v) is 14.5. The first-order chi connectivity index (χ1) is 27.6. The minimum absolute atomic E-state index is 0.0728. The molecule has 3 aliphatic rings. The van der Waals surface area contributed by atoms with E-state index in [0.717, 1.165) is 6.92 Å². The summed E-state index contributed by atoms with van der Waals surface area (Å²) in [7, 11) is 0.